The third-order valence-electron chi connectivity index (χ3n) is 2.93. The van der Waals surface area contributed by atoms with Gasteiger partial charge in [0.15, 0.2) is 5.82 Å². The van der Waals surface area contributed by atoms with Gasteiger partial charge < -0.3 is 9.84 Å². The maximum Gasteiger partial charge on any atom is 0.260 e. The van der Waals surface area contributed by atoms with Crippen molar-refractivity contribution in [1.29, 1.82) is 0 Å². The molecule has 1 aromatic carbocycles. The van der Waals surface area contributed by atoms with E-state index in [1.807, 2.05) is 36.5 Å². The molecule has 0 aliphatic carbocycles. The van der Waals surface area contributed by atoms with Gasteiger partial charge in [-0.15, -0.1) is 0 Å². The highest BCUT2D eigenvalue weighted by Gasteiger charge is 2.10. The van der Waals surface area contributed by atoms with Gasteiger partial charge in [-0.3, -0.25) is 4.98 Å². The van der Waals surface area contributed by atoms with E-state index in [4.69, 9.17) is 4.52 Å². The summed E-state index contributed by atoms with van der Waals surface area (Å²) in [5, 5.41) is 7.21. The average molecular weight is 345 g/mol. The van der Waals surface area contributed by atoms with Gasteiger partial charge in [-0.25, -0.2) is 0 Å². The molecule has 1 N–H and O–H groups in total. The summed E-state index contributed by atoms with van der Waals surface area (Å²) in [7, 11) is 0. The first-order valence-electron chi connectivity index (χ1n) is 6.45. The van der Waals surface area contributed by atoms with Crippen molar-refractivity contribution >= 4 is 21.6 Å². The predicted octanol–water partition coefficient (Wildman–Crippen LogP) is 3.81. The summed E-state index contributed by atoms with van der Waals surface area (Å²) in [5.74, 6) is 1.14. The van der Waals surface area contributed by atoms with E-state index in [9.17, 15) is 0 Å². The van der Waals surface area contributed by atoms with Gasteiger partial charge in [0.25, 0.3) is 5.89 Å². The molecule has 3 aromatic rings. The predicted molar refractivity (Wildman–Crippen MR) is 83.7 cm³/mol. The summed E-state index contributed by atoms with van der Waals surface area (Å²) < 4.78 is 6.20. The van der Waals surface area contributed by atoms with Crippen molar-refractivity contribution in [2.45, 2.75) is 13.5 Å². The fourth-order valence-corrected chi connectivity index (χ4v) is 2.39. The number of aromatic nitrogens is 3. The van der Waals surface area contributed by atoms with E-state index in [0.717, 1.165) is 21.3 Å². The zero-order valence-electron chi connectivity index (χ0n) is 11.4. The molecular formula is C15H13BrN4O. The third-order valence-corrected chi connectivity index (χ3v) is 3.36. The molecule has 0 aliphatic rings. The fraction of sp³-hybridized carbons (Fsp3) is 0.133. The van der Waals surface area contributed by atoms with Crippen LogP contribution in [0.2, 0.25) is 0 Å². The van der Waals surface area contributed by atoms with E-state index in [1.165, 1.54) is 0 Å². The molecule has 0 unspecified atom stereocenters. The van der Waals surface area contributed by atoms with Crippen LogP contribution >= 0.6 is 15.9 Å². The molecule has 106 valence electrons. The molecule has 2 aromatic heterocycles. The number of hydrogen-bond donors (Lipinski definition) is 1. The first kappa shape index (κ1) is 13.8. The Balaban J connectivity index is 1.83. The average Bonchev–Trinajstić information content (AvgIpc) is 2.92. The third kappa shape index (κ3) is 3.28. The Morgan fingerprint density at radius 2 is 2.10 bits per heavy atom. The van der Waals surface area contributed by atoms with Gasteiger partial charge in [-0.2, -0.15) is 4.98 Å². The summed E-state index contributed by atoms with van der Waals surface area (Å²) in [6.07, 6.45) is 3.59. The van der Waals surface area contributed by atoms with Gasteiger partial charge in [-0.1, -0.05) is 17.3 Å². The van der Waals surface area contributed by atoms with Crippen LogP contribution in [0.4, 0.5) is 5.69 Å². The molecular weight excluding hydrogens is 332 g/mol. The van der Waals surface area contributed by atoms with Gasteiger partial charge in [0.05, 0.1) is 5.56 Å². The number of para-hydroxylation sites is 1. The minimum absolute atomic E-state index is 0.517. The Morgan fingerprint density at radius 3 is 2.86 bits per heavy atom. The molecule has 21 heavy (non-hydrogen) atoms. The monoisotopic (exact) mass is 344 g/mol. The molecule has 2 heterocycles. The molecule has 0 atom stereocenters. The Morgan fingerprint density at radius 1 is 1.24 bits per heavy atom. The van der Waals surface area contributed by atoms with Gasteiger partial charge >= 0.3 is 0 Å². The van der Waals surface area contributed by atoms with Crippen molar-refractivity contribution in [2.24, 2.45) is 0 Å². The lowest BCUT2D eigenvalue weighted by molar-refractivity contribution is 0.426. The summed E-state index contributed by atoms with van der Waals surface area (Å²) in [4.78, 5) is 8.43. The van der Waals surface area contributed by atoms with E-state index in [-0.39, 0.29) is 0 Å². The lowest BCUT2D eigenvalue weighted by atomic mass is 10.1. The molecule has 0 fully saturated rings. The van der Waals surface area contributed by atoms with Crippen LogP contribution in [0, 0.1) is 6.92 Å². The lowest BCUT2D eigenvalue weighted by Gasteiger charge is -2.09. The SMILES string of the molecule is Cc1noc(-c2ccccc2NCc2cncc(Br)c2)n1. The minimum atomic E-state index is 0.517. The highest BCUT2D eigenvalue weighted by Crippen LogP contribution is 2.26. The van der Waals surface area contributed by atoms with E-state index < -0.39 is 0 Å². The molecule has 0 radical (unpaired) electrons. The molecule has 3 rings (SSSR count). The molecule has 0 amide bonds. The number of hydrogen-bond acceptors (Lipinski definition) is 5. The number of anilines is 1. The van der Waals surface area contributed by atoms with E-state index >= 15 is 0 Å². The first-order valence-corrected chi connectivity index (χ1v) is 7.25. The van der Waals surface area contributed by atoms with Crippen molar-refractivity contribution < 1.29 is 4.52 Å². The fourth-order valence-electron chi connectivity index (χ4n) is 1.98. The number of pyridine rings is 1. The van der Waals surface area contributed by atoms with Crippen molar-refractivity contribution in [3.63, 3.8) is 0 Å². The summed E-state index contributed by atoms with van der Waals surface area (Å²) in [6, 6.07) is 9.88. The number of nitrogens with one attached hydrogen (secondary N) is 1. The first-order chi connectivity index (χ1) is 10.2. The Labute approximate surface area is 130 Å². The summed E-state index contributed by atoms with van der Waals surface area (Å²) >= 11 is 3.42. The van der Waals surface area contributed by atoms with Crippen LogP contribution in [-0.2, 0) is 6.54 Å². The lowest BCUT2D eigenvalue weighted by Crippen LogP contribution is -2.01. The topological polar surface area (TPSA) is 63.8 Å². The van der Waals surface area contributed by atoms with Crippen LogP contribution in [0.25, 0.3) is 11.5 Å². The quantitative estimate of drug-likeness (QED) is 0.779. The van der Waals surface area contributed by atoms with E-state index in [0.29, 0.717) is 18.3 Å². The molecule has 5 nitrogen and oxygen atoms in total. The number of nitrogens with zero attached hydrogens (tertiary/aromatic N) is 3. The molecule has 0 bridgehead atoms. The minimum Gasteiger partial charge on any atom is -0.380 e. The van der Waals surface area contributed by atoms with Crippen LogP contribution in [0.3, 0.4) is 0 Å². The second-order valence-electron chi connectivity index (χ2n) is 4.56. The molecule has 0 aliphatic heterocycles. The number of benzene rings is 1. The Hall–Kier alpha value is -2.21. The zero-order valence-corrected chi connectivity index (χ0v) is 13.0. The van der Waals surface area contributed by atoms with Crippen LogP contribution in [0.5, 0.6) is 0 Å². The Kier molecular flexibility index (Phi) is 3.96. The highest BCUT2D eigenvalue weighted by atomic mass is 79.9. The van der Waals surface area contributed by atoms with E-state index in [1.54, 1.807) is 13.1 Å². The summed E-state index contributed by atoms with van der Waals surface area (Å²) in [5.41, 5.74) is 2.92. The maximum absolute atomic E-state index is 5.24. The Bertz CT molecular complexity index is 757. The second kappa shape index (κ2) is 6.05. The molecule has 6 heteroatoms. The maximum atomic E-state index is 5.24. The number of halogens is 1. The molecule has 0 saturated carbocycles. The molecule has 0 spiro atoms. The van der Waals surface area contributed by atoms with Gasteiger partial charge in [0.1, 0.15) is 0 Å². The van der Waals surface area contributed by atoms with Crippen LogP contribution < -0.4 is 5.32 Å². The van der Waals surface area contributed by atoms with Crippen LogP contribution in [0.15, 0.2) is 51.7 Å². The van der Waals surface area contributed by atoms with Crippen molar-refractivity contribution in [3.8, 4) is 11.5 Å². The number of rotatable bonds is 4. The largest absolute Gasteiger partial charge is 0.380 e. The summed E-state index contributed by atoms with van der Waals surface area (Å²) in [6.45, 7) is 2.47. The van der Waals surface area contributed by atoms with Gasteiger partial charge in [0, 0.05) is 29.1 Å². The van der Waals surface area contributed by atoms with Crippen molar-refractivity contribution in [1.82, 2.24) is 15.1 Å². The standard InChI is InChI=1S/C15H13BrN4O/c1-10-19-15(21-20-10)13-4-2-3-5-14(13)18-8-11-6-12(16)9-17-7-11/h2-7,9,18H,8H2,1H3. The van der Waals surface area contributed by atoms with Gasteiger partial charge in [0.2, 0.25) is 0 Å². The molecule has 0 saturated heterocycles. The smallest absolute Gasteiger partial charge is 0.260 e. The van der Waals surface area contributed by atoms with E-state index in [2.05, 4.69) is 36.4 Å². The van der Waals surface area contributed by atoms with Crippen LogP contribution in [0.1, 0.15) is 11.4 Å². The van der Waals surface area contributed by atoms with Crippen molar-refractivity contribution in [3.05, 3.63) is 58.6 Å². The highest BCUT2D eigenvalue weighted by molar-refractivity contribution is 9.10. The van der Waals surface area contributed by atoms with Crippen molar-refractivity contribution in [2.75, 3.05) is 5.32 Å². The normalized spacial score (nSPS) is 10.6. The second-order valence-corrected chi connectivity index (χ2v) is 5.47. The van der Waals surface area contributed by atoms with Gasteiger partial charge in [-0.05, 0) is 46.6 Å². The zero-order chi connectivity index (χ0) is 14.7. The number of aryl methyl sites for hydroxylation is 1. The van der Waals surface area contributed by atoms with Crippen LogP contribution in [-0.4, -0.2) is 15.1 Å².